The Hall–Kier alpha value is -3.18. The van der Waals surface area contributed by atoms with Gasteiger partial charge in [-0.3, -0.25) is 19.2 Å². The molecule has 0 saturated carbocycles. The van der Waals surface area contributed by atoms with Gasteiger partial charge < -0.3 is 37.2 Å². The van der Waals surface area contributed by atoms with Crippen molar-refractivity contribution >= 4 is 23.7 Å². The van der Waals surface area contributed by atoms with Crippen molar-refractivity contribution in [2.45, 2.75) is 56.7 Å². The molecule has 1 fully saturated rings. The largest absolute Gasteiger partial charge is 0.508 e. The minimum atomic E-state index is -1.21. The van der Waals surface area contributed by atoms with Crippen LogP contribution < -0.4 is 27.0 Å². The number of carbonyl (C=O) groups excluding carboxylic acids is 3. The predicted molar refractivity (Wildman–Crippen MR) is 120 cm³/mol. The highest BCUT2D eigenvalue weighted by atomic mass is 16.4. The van der Waals surface area contributed by atoms with Crippen molar-refractivity contribution < 1.29 is 29.4 Å². The Morgan fingerprint density at radius 1 is 1.06 bits per heavy atom. The molecule has 3 atom stereocenters. The monoisotopic (exact) mass is 463 g/mol. The van der Waals surface area contributed by atoms with E-state index in [1.807, 2.05) is 0 Å². The van der Waals surface area contributed by atoms with Gasteiger partial charge in [-0.2, -0.15) is 0 Å². The number of amides is 3. The van der Waals surface area contributed by atoms with Gasteiger partial charge >= 0.3 is 5.97 Å². The van der Waals surface area contributed by atoms with E-state index in [0.717, 1.165) is 13.0 Å². The normalized spacial score (nSPS) is 17.1. The van der Waals surface area contributed by atoms with Gasteiger partial charge in [-0.05, 0) is 62.9 Å². The van der Waals surface area contributed by atoms with Crippen LogP contribution in [0.3, 0.4) is 0 Å². The van der Waals surface area contributed by atoms with E-state index in [1.54, 1.807) is 12.1 Å². The van der Waals surface area contributed by atoms with Gasteiger partial charge in [0, 0.05) is 6.42 Å². The maximum Gasteiger partial charge on any atom is 0.322 e. The number of nitrogens with one attached hydrogen (secondary N) is 4. The number of carbonyl (C=O) groups is 4. The van der Waals surface area contributed by atoms with Crippen molar-refractivity contribution in [2.75, 3.05) is 19.6 Å². The van der Waals surface area contributed by atoms with E-state index in [0.29, 0.717) is 37.8 Å². The summed E-state index contributed by atoms with van der Waals surface area (Å²) in [5.74, 6) is -2.63. The van der Waals surface area contributed by atoms with Gasteiger partial charge in [0.2, 0.25) is 17.7 Å². The number of nitrogens with two attached hydrogens (primary N) is 1. The molecular weight excluding hydrogens is 430 g/mol. The highest BCUT2D eigenvalue weighted by Gasteiger charge is 2.30. The van der Waals surface area contributed by atoms with Crippen LogP contribution in [0.1, 0.15) is 37.7 Å². The van der Waals surface area contributed by atoms with E-state index >= 15 is 0 Å². The van der Waals surface area contributed by atoms with E-state index in [4.69, 9.17) is 10.8 Å². The second kappa shape index (κ2) is 13.4. The quantitative estimate of drug-likeness (QED) is 0.181. The number of carboxylic acid groups (broad SMARTS) is 1. The summed E-state index contributed by atoms with van der Waals surface area (Å²) in [6, 6.07) is 3.82. The molecule has 0 spiro atoms. The van der Waals surface area contributed by atoms with E-state index in [9.17, 15) is 24.3 Å². The number of rotatable bonds is 13. The van der Waals surface area contributed by atoms with Crippen LogP contribution in [0.2, 0.25) is 0 Å². The average molecular weight is 464 g/mol. The van der Waals surface area contributed by atoms with Crippen molar-refractivity contribution in [1.29, 1.82) is 0 Å². The van der Waals surface area contributed by atoms with E-state index in [-0.39, 0.29) is 24.1 Å². The van der Waals surface area contributed by atoms with Crippen LogP contribution in [0.5, 0.6) is 5.75 Å². The number of hydrogen-bond donors (Lipinski definition) is 7. The first kappa shape index (κ1) is 26.1. The Bertz CT molecular complexity index is 810. The Balaban J connectivity index is 2.11. The SMILES string of the molecule is NCCCCC(NC(=O)C1CCCN1)C(=O)NC(Cc1ccc(O)cc1)C(=O)NCC(=O)O. The van der Waals surface area contributed by atoms with Crippen LogP contribution in [-0.4, -0.2) is 71.7 Å². The van der Waals surface area contributed by atoms with Gasteiger partial charge in [-0.1, -0.05) is 12.1 Å². The molecule has 33 heavy (non-hydrogen) atoms. The molecule has 182 valence electrons. The van der Waals surface area contributed by atoms with Crippen molar-refractivity contribution in [3.8, 4) is 5.75 Å². The van der Waals surface area contributed by atoms with Crippen LogP contribution in [0.25, 0.3) is 0 Å². The Kier molecular flexibility index (Phi) is 10.6. The Morgan fingerprint density at radius 3 is 2.39 bits per heavy atom. The summed E-state index contributed by atoms with van der Waals surface area (Å²) >= 11 is 0. The van der Waals surface area contributed by atoms with Gasteiger partial charge in [0.15, 0.2) is 0 Å². The molecule has 2 rings (SSSR count). The smallest absolute Gasteiger partial charge is 0.322 e. The fourth-order valence-corrected chi connectivity index (χ4v) is 3.58. The second-order valence-electron chi connectivity index (χ2n) is 8.04. The lowest BCUT2D eigenvalue weighted by atomic mass is 10.0. The number of unbranched alkanes of at least 4 members (excludes halogenated alkanes) is 1. The molecular formula is C22H33N5O6. The molecule has 0 radical (unpaired) electrons. The molecule has 0 bridgehead atoms. The topological polar surface area (TPSA) is 183 Å². The first-order valence-corrected chi connectivity index (χ1v) is 11.1. The maximum absolute atomic E-state index is 13.1. The van der Waals surface area contributed by atoms with Crippen molar-refractivity contribution in [3.05, 3.63) is 29.8 Å². The van der Waals surface area contributed by atoms with Crippen molar-refractivity contribution in [3.63, 3.8) is 0 Å². The lowest BCUT2D eigenvalue weighted by molar-refractivity contribution is -0.138. The van der Waals surface area contributed by atoms with E-state index < -0.39 is 36.4 Å². The fraction of sp³-hybridized carbons (Fsp3) is 0.545. The number of carboxylic acids is 1. The molecule has 1 aliphatic rings. The first-order valence-electron chi connectivity index (χ1n) is 11.1. The summed E-state index contributed by atoms with van der Waals surface area (Å²) in [6.07, 6.45) is 3.28. The summed E-state index contributed by atoms with van der Waals surface area (Å²) in [4.78, 5) is 49.1. The van der Waals surface area contributed by atoms with Crippen LogP contribution in [0.15, 0.2) is 24.3 Å². The maximum atomic E-state index is 13.1. The zero-order chi connectivity index (χ0) is 24.2. The van der Waals surface area contributed by atoms with Crippen LogP contribution >= 0.6 is 0 Å². The van der Waals surface area contributed by atoms with Gasteiger partial charge in [0.25, 0.3) is 0 Å². The molecule has 1 heterocycles. The lowest BCUT2D eigenvalue weighted by Crippen LogP contribution is -2.56. The second-order valence-corrected chi connectivity index (χ2v) is 8.04. The molecule has 3 unspecified atom stereocenters. The third kappa shape index (κ3) is 9.07. The van der Waals surface area contributed by atoms with E-state index in [2.05, 4.69) is 21.3 Å². The number of hydrogen-bond acceptors (Lipinski definition) is 7. The zero-order valence-electron chi connectivity index (χ0n) is 18.5. The van der Waals surface area contributed by atoms with Gasteiger partial charge in [0.1, 0.15) is 24.4 Å². The Labute approximate surface area is 192 Å². The van der Waals surface area contributed by atoms with Gasteiger partial charge in [-0.15, -0.1) is 0 Å². The highest BCUT2D eigenvalue weighted by Crippen LogP contribution is 2.12. The minimum Gasteiger partial charge on any atom is -0.508 e. The number of benzene rings is 1. The summed E-state index contributed by atoms with van der Waals surface area (Å²) < 4.78 is 0. The standard InChI is InChI=1S/C22H33N5O6/c23-10-2-1-4-17(26-21(32)16-5-3-11-24-16)22(33)27-18(20(31)25-13-19(29)30)12-14-6-8-15(28)9-7-14/h6-9,16-18,24,28H,1-5,10-13,23H2,(H,25,31)(H,26,32)(H,27,33)(H,29,30). The zero-order valence-corrected chi connectivity index (χ0v) is 18.5. The molecule has 1 aromatic carbocycles. The van der Waals surface area contributed by atoms with Crippen LogP contribution in [0.4, 0.5) is 0 Å². The summed E-state index contributed by atoms with van der Waals surface area (Å²) in [7, 11) is 0. The predicted octanol–water partition coefficient (Wildman–Crippen LogP) is -1.01. The van der Waals surface area contributed by atoms with Crippen molar-refractivity contribution in [2.24, 2.45) is 5.73 Å². The van der Waals surface area contributed by atoms with Gasteiger partial charge in [-0.25, -0.2) is 0 Å². The number of phenolic OH excluding ortho intramolecular Hbond substituents is 1. The lowest BCUT2D eigenvalue weighted by Gasteiger charge is -2.24. The average Bonchev–Trinajstić information content (AvgIpc) is 3.33. The summed E-state index contributed by atoms with van der Waals surface area (Å²) in [5.41, 5.74) is 6.20. The first-order chi connectivity index (χ1) is 15.8. The van der Waals surface area contributed by atoms with Crippen LogP contribution in [0, 0.1) is 0 Å². The molecule has 11 nitrogen and oxygen atoms in total. The number of aliphatic carboxylic acids is 1. The molecule has 0 aliphatic carbocycles. The molecule has 8 N–H and O–H groups in total. The highest BCUT2D eigenvalue weighted by molar-refractivity contribution is 5.93. The third-order valence-corrected chi connectivity index (χ3v) is 5.38. The van der Waals surface area contributed by atoms with Gasteiger partial charge in [0.05, 0.1) is 6.04 Å². The third-order valence-electron chi connectivity index (χ3n) is 5.38. The van der Waals surface area contributed by atoms with Crippen LogP contribution in [-0.2, 0) is 25.6 Å². The fourth-order valence-electron chi connectivity index (χ4n) is 3.58. The van der Waals surface area contributed by atoms with E-state index in [1.165, 1.54) is 12.1 Å². The van der Waals surface area contributed by atoms with Crippen molar-refractivity contribution in [1.82, 2.24) is 21.3 Å². The Morgan fingerprint density at radius 2 is 1.79 bits per heavy atom. The number of phenols is 1. The molecule has 1 saturated heterocycles. The molecule has 0 aromatic heterocycles. The number of aromatic hydroxyl groups is 1. The summed E-state index contributed by atoms with van der Waals surface area (Å²) in [6.45, 7) is 0.596. The molecule has 1 aliphatic heterocycles. The molecule has 3 amide bonds. The molecule has 11 heteroatoms. The summed E-state index contributed by atoms with van der Waals surface area (Å²) in [5, 5.41) is 29.1. The molecule has 1 aromatic rings. The minimum absolute atomic E-state index is 0.0536.